The summed E-state index contributed by atoms with van der Waals surface area (Å²) in [5.41, 5.74) is 9.39. The van der Waals surface area contributed by atoms with Crippen LogP contribution in [-0.2, 0) is 6.54 Å². The van der Waals surface area contributed by atoms with Crippen LogP contribution in [-0.4, -0.2) is 23.2 Å². The molecule has 1 aromatic heterocycles. The van der Waals surface area contributed by atoms with Gasteiger partial charge in [0.1, 0.15) is 19.5 Å². The first-order valence-electron chi connectivity index (χ1n) is 6.19. The minimum Gasteiger partial charge on any atom is -0.486 e. The lowest BCUT2D eigenvalue weighted by Crippen LogP contribution is -2.15. The molecule has 0 spiro atoms. The van der Waals surface area contributed by atoms with Gasteiger partial charge < -0.3 is 15.2 Å². The number of nitrogens with zero attached hydrogens (tertiary/aromatic N) is 2. The summed E-state index contributed by atoms with van der Waals surface area (Å²) in [5, 5.41) is 0. The van der Waals surface area contributed by atoms with E-state index in [0.717, 1.165) is 34.0 Å². The Labute approximate surface area is 111 Å². The average molecular weight is 257 g/mol. The zero-order valence-electron chi connectivity index (χ0n) is 10.7. The van der Waals surface area contributed by atoms with Crippen molar-refractivity contribution < 1.29 is 9.47 Å². The number of rotatable bonds is 2. The van der Waals surface area contributed by atoms with E-state index in [1.54, 1.807) is 0 Å². The number of ether oxygens (including phenoxy) is 2. The Bertz CT molecular complexity index is 614. The molecule has 0 radical (unpaired) electrons. The van der Waals surface area contributed by atoms with Crippen LogP contribution in [0.2, 0.25) is 0 Å². The predicted molar refractivity (Wildman–Crippen MR) is 71.1 cm³/mol. The molecule has 0 fully saturated rings. The van der Waals surface area contributed by atoms with Crippen LogP contribution in [0.5, 0.6) is 11.5 Å². The van der Waals surface area contributed by atoms with Crippen LogP contribution in [0.15, 0.2) is 24.5 Å². The van der Waals surface area contributed by atoms with Crippen LogP contribution in [0.25, 0.3) is 11.3 Å². The Balaban J connectivity index is 2.08. The molecule has 0 aliphatic carbocycles. The zero-order chi connectivity index (χ0) is 13.2. The van der Waals surface area contributed by atoms with Crippen LogP contribution >= 0.6 is 0 Å². The molecule has 1 aliphatic heterocycles. The van der Waals surface area contributed by atoms with Crippen molar-refractivity contribution in [1.29, 1.82) is 0 Å². The van der Waals surface area contributed by atoms with Gasteiger partial charge in [-0.3, -0.25) is 0 Å². The van der Waals surface area contributed by atoms with Gasteiger partial charge in [-0.2, -0.15) is 0 Å². The molecule has 5 nitrogen and oxygen atoms in total. The van der Waals surface area contributed by atoms with E-state index in [-0.39, 0.29) is 0 Å². The maximum absolute atomic E-state index is 5.61. The first-order chi connectivity index (χ1) is 9.28. The smallest absolute Gasteiger partial charge is 0.162 e. The molecule has 0 unspecified atom stereocenters. The highest BCUT2D eigenvalue weighted by Crippen LogP contribution is 2.36. The Hall–Kier alpha value is -2.14. The molecule has 0 saturated heterocycles. The SMILES string of the molecule is Cc1cc2c(cc1-c1cc(CN)ncn1)OCCO2. The van der Waals surface area contributed by atoms with E-state index in [0.29, 0.717) is 19.8 Å². The van der Waals surface area contributed by atoms with E-state index in [1.165, 1.54) is 6.33 Å². The molecule has 0 atom stereocenters. The molecular weight excluding hydrogens is 242 g/mol. The number of aryl methyl sites for hydroxylation is 1. The molecule has 2 heterocycles. The van der Waals surface area contributed by atoms with E-state index in [2.05, 4.69) is 9.97 Å². The van der Waals surface area contributed by atoms with Crippen LogP contribution in [0.4, 0.5) is 0 Å². The molecule has 1 aliphatic rings. The number of hydrogen-bond acceptors (Lipinski definition) is 5. The average Bonchev–Trinajstić information content (AvgIpc) is 2.46. The van der Waals surface area contributed by atoms with E-state index >= 15 is 0 Å². The first kappa shape index (κ1) is 11.9. The number of aromatic nitrogens is 2. The van der Waals surface area contributed by atoms with Gasteiger partial charge in [0.15, 0.2) is 11.5 Å². The molecule has 0 bridgehead atoms. The standard InChI is InChI=1S/C14H15N3O2/c1-9-4-13-14(19-3-2-18-13)6-11(9)12-5-10(7-15)16-8-17-12/h4-6,8H,2-3,7,15H2,1H3. The Morgan fingerprint density at radius 1 is 1.11 bits per heavy atom. The summed E-state index contributed by atoms with van der Waals surface area (Å²) in [7, 11) is 0. The fourth-order valence-corrected chi connectivity index (χ4v) is 2.12. The van der Waals surface area contributed by atoms with Gasteiger partial charge in [-0.25, -0.2) is 9.97 Å². The second-order valence-corrected chi connectivity index (χ2v) is 4.41. The van der Waals surface area contributed by atoms with Crippen molar-refractivity contribution in [3.63, 3.8) is 0 Å². The largest absolute Gasteiger partial charge is 0.486 e. The molecule has 0 amide bonds. The van der Waals surface area contributed by atoms with Gasteiger partial charge in [0.25, 0.3) is 0 Å². The summed E-state index contributed by atoms with van der Waals surface area (Å²) >= 11 is 0. The van der Waals surface area contributed by atoms with Crippen LogP contribution < -0.4 is 15.2 Å². The minimum atomic E-state index is 0.402. The number of benzene rings is 1. The normalized spacial score (nSPS) is 13.4. The first-order valence-corrected chi connectivity index (χ1v) is 6.19. The predicted octanol–water partition coefficient (Wildman–Crippen LogP) is 1.68. The van der Waals surface area contributed by atoms with Crippen LogP contribution in [0, 0.1) is 6.92 Å². The van der Waals surface area contributed by atoms with Crippen molar-refractivity contribution in [2.24, 2.45) is 5.73 Å². The fourth-order valence-electron chi connectivity index (χ4n) is 2.12. The molecule has 19 heavy (non-hydrogen) atoms. The Morgan fingerprint density at radius 3 is 2.58 bits per heavy atom. The number of fused-ring (bicyclic) bond motifs is 1. The molecule has 1 aromatic carbocycles. The topological polar surface area (TPSA) is 70.3 Å². The molecule has 3 rings (SSSR count). The zero-order valence-corrected chi connectivity index (χ0v) is 10.7. The molecule has 98 valence electrons. The molecule has 2 aromatic rings. The lowest BCUT2D eigenvalue weighted by molar-refractivity contribution is 0.171. The highest BCUT2D eigenvalue weighted by molar-refractivity contribution is 5.68. The summed E-state index contributed by atoms with van der Waals surface area (Å²) in [6.07, 6.45) is 1.54. The summed E-state index contributed by atoms with van der Waals surface area (Å²) in [6, 6.07) is 5.85. The van der Waals surface area contributed by atoms with Crippen LogP contribution in [0.3, 0.4) is 0 Å². The maximum Gasteiger partial charge on any atom is 0.162 e. The van der Waals surface area contributed by atoms with Crippen molar-refractivity contribution >= 4 is 0 Å². The summed E-state index contributed by atoms with van der Waals surface area (Å²) in [5.74, 6) is 1.56. The molecule has 5 heteroatoms. The van der Waals surface area contributed by atoms with Gasteiger partial charge in [-0.15, -0.1) is 0 Å². The summed E-state index contributed by atoms with van der Waals surface area (Å²) in [4.78, 5) is 8.41. The quantitative estimate of drug-likeness (QED) is 0.886. The highest BCUT2D eigenvalue weighted by Gasteiger charge is 2.15. The summed E-state index contributed by atoms with van der Waals surface area (Å²) in [6.45, 7) is 3.60. The lowest BCUT2D eigenvalue weighted by atomic mass is 10.0. The van der Waals surface area contributed by atoms with E-state index in [1.807, 2.05) is 25.1 Å². The van der Waals surface area contributed by atoms with Crippen molar-refractivity contribution in [2.45, 2.75) is 13.5 Å². The summed E-state index contributed by atoms with van der Waals surface area (Å²) < 4.78 is 11.2. The van der Waals surface area contributed by atoms with Gasteiger partial charge in [0.2, 0.25) is 0 Å². The second kappa shape index (κ2) is 4.85. The number of nitrogens with two attached hydrogens (primary N) is 1. The third-order valence-electron chi connectivity index (χ3n) is 3.10. The van der Waals surface area contributed by atoms with Crippen molar-refractivity contribution in [3.05, 3.63) is 35.8 Å². The van der Waals surface area contributed by atoms with Crippen molar-refractivity contribution in [2.75, 3.05) is 13.2 Å². The van der Waals surface area contributed by atoms with Crippen LogP contribution in [0.1, 0.15) is 11.3 Å². The maximum atomic E-state index is 5.61. The monoisotopic (exact) mass is 257 g/mol. The highest BCUT2D eigenvalue weighted by atomic mass is 16.6. The fraction of sp³-hybridized carbons (Fsp3) is 0.286. The Kier molecular flexibility index (Phi) is 3.05. The molecular formula is C14H15N3O2. The molecule has 0 saturated carbocycles. The minimum absolute atomic E-state index is 0.402. The second-order valence-electron chi connectivity index (χ2n) is 4.41. The van der Waals surface area contributed by atoms with Gasteiger partial charge in [0, 0.05) is 12.1 Å². The Morgan fingerprint density at radius 2 is 1.84 bits per heavy atom. The van der Waals surface area contributed by atoms with Gasteiger partial charge >= 0.3 is 0 Å². The van der Waals surface area contributed by atoms with Gasteiger partial charge in [-0.05, 0) is 30.7 Å². The molecule has 2 N–H and O–H groups in total. The lowest BCUT2D eigenvalue weighted by Gasteiger charge is -2.20. The van der Waals surface area contributed by atoms with Gasteiger partial charge in [-0.1, -0.05) is 0 Å². The third-order valence-corrected chi connectivity index (χ3v) is 3.10. The van der Waals surface area contributed by atoms with Crippen molar-refractivity contribution in [1.82, 2.24) is 9.97 Å². The van der Waals surface area contributed by atoms with Crippen molar-refractivity contribution in [3.8, 4) is 22.8 Å². The third kappa shape index (κ3) is 2.24. The van der Waals surface area contributed by atoms with E-state index in [4.69, 9.17) is 15.2 Å². The van der Waals surface area contributed by atoms with Gasteiger partial charge in [0.05, 0.1) is 11.4 Å². The van der Waals surface area contributed by atoms with E-state index < -0.39 is 0 Å². The van der Waals surface area contributed by atoms with E-state index in [9.17, 15) is 0 Å². The number of hydrogen-bond donors (Lipinski definition) is 1.